The third kappa shape index (κ3) is 2.47. The summed E-state index contributed by atoms with van der Waals surface area (Å²) < 4.78 is 43.9. The van der Waals surface area contributed by atoms with E-state index in [0.29, 0.717) is 5.56 Å². The number of ether oxygens (including phenoxy) is 1. The minimum absolute atomic E-state index is 0.00538. The lowest BCUT2D eigenvalue weighted by Gasteiger charge is -2.26. The Hall–Kier alpha value is -1.98. The van der Waals surface area contributed by atoms with E-state index in [1.54, 1.807) is 0 Å². The molecule has 0 saturated heterocycles. The average Bonchev–Trinajstić information content (AvgIpc) is 2.27. The molecule has 18 heavy (non-hydrogen) atoms. The number of halogens is 3. The van der Waals surface area contributed by atoms with E-state index in [2.05, 4.69) is 11.9 Å². The molecule has 1 aliphatic rings. The molecular formula is C12H10F3NO2. The van der Waals surface area contributed by atoms with Gasteiger partial charge < -0.3 is 10.1 Å². The first-order valence-electron chi connectivity index (χ1n) is 5.23. The fourth-order valence-corrected chi connectivity index (χ4v) is 1.79. The van der Waals surface area contributed by atoms with Gasteiger partial charge in [0.05, 0.1) is 6.04 Å². The summed E-state index contributed by atoms with van der Waals surface area (Å²) in [7, 11) is 0. The van der Waals surface area contributed by atoms with Crippen molar-refractivity contribution in [3.63, 3.8) is 0 Å². The molecule has 0 aromatic heterocycles. The van der Waals surface area contributed by atoms with Gasteiger partial charge in [-0.15, -0.1) is 0 Å². The highest BCUT2D eigenvalue weighted by Gasteiger charge is 2.25. The Balaban J connectivity index is 2.15. The van der Waals surface area contributed by atoms with Gasteiger partial charge in [-0.2, -0.15) is 0 Å². The van der Waals surface area contributed by atoms with Crippen LogP contribution in [0.25, 0.3) is 0 Å². The molecule has 96 valence electrons. The third-order valence-corrected chi connectivity index (χ3v) is 2.56. The lowest BCUT2D eigenvalue weighted by molar-refractivity contribution is -0.119. The molecule has 0 aliphatic carbocycles. The molecule has 1 heterocycles. The summed E-state index contributed by atoms with van der Waals surface area (Å²) in [5, 5.41) is 2.31. The van der Waals surface area contributed by atoms with Crippen molar-refractivity contribution in [1.82, 2.24) is 5.32 Å². The van der Waals surface area contributed by atoms with Crippen LogP contribution in [0.3, 0.4) is 0 Å². The molecule has 1 amide bonds. The van der Waals surface area contributed by atoms with Crippen molar-refractivity contribution in [3.05, 3.63) is 41.7 Å². The van der Waals surface area contributed by atoms with Crippen molar-refractivity contribution in [2.45, 2.75) is 12.5 Å². The minimum Gasteiger partial charge on any atom is -0.488 e. The molecular weight excluding hydrogens is 247 g/mol. The van der Waals surface area contributed by atoms with Gasteiger partial charge in [-0.1, -0.05) is 6.58 Å². The maximum Gasteiger partial charge on any atom is 0.279 e. The van der Waals surface area contributed by atoms with Crippen LogP contribution < -0.4 is 10.1 Å². The van der Waals surface area contributed by atoms with E-state index in [9.17, 15) is 18.0 Å². The number of fused-ring (bicyclic) bond motifs is 1. The Labute approximate surface area is 101 Å². The Morgan fingerprint density at radius 3 is 2.83 bits per heavy atom. The molecule has 1 aliphatic heterocycles. The Bertz CT molecular complexity index is 516. The quantitative estimate of drug-likeness (QED) is 0.821. The smallest absolute Gasteiger partial charge is 0.279 e. The lowest BCUT2D eigenvalue weighted by atomic mass is 10.0. The summed E-state index contributed by atoms with van der Waals surface area (Å²) in [5.41, 5.74) is 0.300. The highest BCUT2D eigenvalue weighted by atomic mass is 19.1. The van der Waals surface area contributed by atoms with Crippen molar-refractivity contribution in [3.8, 4) is 5.75 Å². The van der Waals surface area contributed by atoms with Crippen LogP contribution in [0, 0.1) is 11.6 Å². The first-order chi connectivity index (χ1) is 8.47. The van der Waals surface area contributed by atoms with Crippen LogP contribution in [0.5, 0.6) is 5.75 Å². The van der Waals surface area contributed by atoms with Crippen LogP contribution in [0.1, 0.15) is 5.56 Å². The normalized spacial score (nSPS) is 17.6. The molecule has 2 rings (SSSR count). The summed E-state index contributed by atoms with van der Waals surface area (Å²) in [4.78, 5) is 11.1. The number of carbonyl (C=O) groups excluding carboxylic acids is 1. The molecule has 1 N–H and O–H groups in total. The van der Waals surface area contributed by atoms with Crippen molar-refractivity contribution in [1.29, 1.82) is 0 Å². The van der Waals surface area contributed by atoms with Gasteiger partial charge in [0.2, 0.25) is 0 Å². The van der Waals surface area contributed by atoms with Crippen molar-refractivity contribution < 1.29 is 22.7 Å². The molecule has 0 fully saturated rings. The van der Waals surface area contributed by atoms with E-state index in [0.717, 1.165) is 12.1 Å². The summed E-state index contributed by atoms with van der Waals surface area (Å²) in [6, 6.07) is 1.31. The highest BCUT2D eigenvalue weighted by Crippen LogP contribution is 2.28. The van der Waals surface area contributed by atoms with E-state index in [-0.39, 0.29) is 18.8 Å². The molecule has 1 atom stereocenters. The first-order valence-corrected chi connectivity index (χ1v) is 5.23. The van der Waals surface area contributed by atoms with E-state index in [4.69, 9.17) is 4.74 Å². The standard InChI is InChI=1S/C12H10F3NO2/c1-6(13)12(17)16-9-3-7-2-8(14)4-10(15)11(7)18-5-9/h2,4,9H,1,3,5H2,(H,16,17). The zero-order valence-electron chi connectivity index (χ0n) is 9.30. The SMILES string of the molecule is C=C(F)C(=O)NC1COc2c(F)cc(F)cc2C1. The number of amides is 1. The second-order valence-corrected chi connectivity index (χ2v) is 3.97. The number of hydrogen-bond donors (Lipinski definition) is 1. The second kappa shape index (κ2) is 4.72. The maximum absolute atomic E-state index is 13.3. The second-order valence-electron chi connectivity index (χ2n) is 3.97. The van der Waals surface area contributed by atoms with E-state index < -0.39 is 29.4 Å². The first kappa shape index (κ1) is 12.5. The van der Waals surface area contributed by atoms with Gasteiger partial charge in [-0.3, -0.25) is 4.79 Å². The fourth-order valence-electron chi connectivity index (χ4n) is 1.79. The van der Waals surface area contributed by atoms with Gasteiger partial charge in [0.25, 0.3) is 5.91 Å². The predicted octanol–water partition coefficient (Wildman–Crippen LogP) is 1.87. The van der Waals surface area contributed by atoms with E-state index in [1.165, 1.54) is 0 Å². The zero-order chi connectivity index (χ0) is 13.3. The van der Waals surface area contributed by atoms with Crippen LogP contribution in [-0.2, 0) is 11.2 Å². The van der Waals surface area contributed by atoms with E-state index in [1.807, 2.05) is 0 Å². The Kier molecular flexibility index (Phi) is 3.27. The number of rotatable bonds is 2. The van der Waals surface area contributed by atoms with Gasteiger partial charge in [0.1, 0.15) is 12.4 Å². The average molecular weight is 257 g/mol. The van der Waals surface area contributed by atoms with Crippen LogP contribution in [0.15, 0.2) is 24.5 Å². The fraction of sp³-hybridized carbons (Fsp3) is 0.250. The third-order valence-electron chi connectivity index (χ3n) is 2.56. The van der Waals surface area contributed by atoms with Crippen molar-refractivity contribution >= 4 is 5.91 Å². The molecule has 6 heteroatoms. The minimum atomic E-state index is -1.12. The van der Waals surface area contributed by atoms with Gasteiger partial charge in [-0.05, 0) is 12.5 Å². The van der Waals surface area contributed by atoms with Crippen molar-refractivity contribution in [2.24, 2.45) is 0 Å². The van der Waals surface area contributed by atoms with Gasteiger partial charge in [0.15, 0.2) is 17.4 Å². The maximum atomic E-state index is 13.3. The summed E-state index contributed by atoms with van der Waals surface area (Å²) in [6.45, 7) is 2.85. The summed E-state index contributed by atoms with van der Waals surface area (Å²) >= 11 is 0. The molecule has 0 radical (unpaired) electrons. The monoisotopic (exact) mass is 257 g/mol. The predicted molar refractivity (Wildman–Crippen MR) is 57.7 cm³/mol. The molecule has 0 spiro atoms. The molecule has 1 aromatic carbocycles. The highest BCUT2D eigenvalue weighted by molar-refractivity contribution is 5.90. The Morgan fingerprint density at radius 2 is 2.17 bits per heavy atom. The number of nitrogens with one attached hydrogen (secondary N) is 1. The molecule has 1 unspecified atom stereocenters. The largest absolute Gasteiger partial charge is 0.488 e. The lowest BCUT2D eigenvalue weighted by Crippen LogP contribution is -2.43. The van der Waals surface area contributed by atoms with Gasteiger partial charge >= 0.3 is 0 Å². The van der Waals surface area contributed by atoms with E-state index >= 15 is 0 Å². The molecule has 3 nitrogen and oxygen atoms in total. The van der Waals surface area contributed by atoms with Crippen LogP contribution in [0.4, 0.5) is 13.2 Å². The van der Waals surface area contributed by atoms with Crippen molar-refractivity contribution in [2.75, 3.05) is 6.61 Å². The van der Waals surface area contributed by atoms with Crippen LogP contribution >= 0.6 is 0 Å². The van der Waals surface area contributed by atoms with Gasteiger partial charge in [-0.25, -0.2) is 13.2 Å². The molecule has 0 bridgehead atoms. The zero-order valence-corrected chi connectivity index (χ0v) is 9.30. The number of carbonyl (C=O) groups is 1. The summed E-state index contributed by atoms with van der Waals surface area (Å²) in [6.07, 6.45) is 0.170. The van der Waals surface area contributed by atoms with Crippen LogP contribution in [0.2, 0.25) is 0 Å². The van der Waals surface area contributed by atoms with Crippen LogP contribution in [-0.4, -0.2) is 18.6 Å². The molecule has 1 aromatic rings. The number of hydrogen-bond acceptors (Lipinski definition) is 2. The van der Waals surface area contributed by atoms with Gasteiger partial charge in [0, 0.05) is 11.6 Å². The Morgan fingerprint density at radius 1 is 1.44 bits per heavy atom. The number of benzene rings is 1. The molecule has 0 saturated carbocycles. The topological polar surface area (TPSA) is 38.3 Å². The summed E-state index contributed by atoms with van der Waals surface area (Å²) in [5.74, 6) is -3.61.